The minimum absolute atomic E-state index is 0.192. The van der Waals surface area contributed by atoms with Gasteiger partial charge in [-0.3, -0.25) is 4.79 Å². The summed E-state index contributed by atoms with van der Waals surface area (Å²) in [5, 5.41) is 3.96. The summed E-state index contributed by atoms with van der Waals surface area (Å²) in [4.78, 5) is 14.0. The largest absolute Gasteiger partial charge is 0.383 e. The first kappa shape index (κ1) is 16.8. The van der Waals surface area contributed by atoms with Crippen molar-refractivity contribution in [1.82, 2.24) is 10.2 Å². The molecule has 0 aliphatic carbocycles. The van der Waals surface area contributed by atoms with E-state index < -0.39 is 0 Å². The molecule has 1 aliphatic rings. The van der Waals surface area contributed by atoms with Crippen molar-refractivity contribution in [1.29, 1.82) is 0 Å². The van der Waals surface area contributed by atoms with E-state index in [1.54, 1.807) is 26.0 Å². The van der Waals surface area contributed by atoms with Gasteiger partial charge in [-0.1, -0.05) is 0 Å². The van der Waals surface area contributed by atoms with Crippen LogP contribution in [0.25, 0.3) is 0 Å². The van der Waals surface area contributed by atoms with Crippen molar-refractivity contribution in [2.75, 3.05) is 59.4 Å². The van der Waals surface area contributed by atoms with Crippen molar-refractivity contribution >= 4 is 17.7 Å². The minimum Gasteiger partial charge on any atom is -0.383 e. The second-order valence-electron chi connectivity index (χ2n) is 4.63. The Morgan fingerprint density at radius 3 is 2.32 bits per heavy atom. The Balaban J connectivity index is 2.28. The van der Waals surface area contributed by atoms with E-state index in [0.29, 0.717) is 37.3 Å². The molecule has 1 aliphatic heterocycles. The van der Waals surface area contributed by atoms with Crippen LogP contribution in [0.5, 0.6) is 0 Å². The third kappa shape index (κ3) is 7.15. The average molecular weight is 290 g/mol. The van der Waals surface area contributed by atoms with Crippen LogP contribution in [-0.2, 0) is 14.3 Å². The number of nitrogens with zero attached hydrogens (tertiary/aromatic N) is 1. The third-order valence-corrected chi connectivity index (χ3v) is 4.57. The summed E-state index contributed by atoms with van der Waals surface area (Å²) in [6.45, 7) is 4.59. The van der Waals surface area contributed by atoms with E-state index in [4.69, 9.17) is 9.47 Å². The minimum atomic E-state index is 0.192. The molecule has 1 amide bonds. The molecule has 0 radical (unpaired) electrons. The van der Waals surface area contributed by atoms with Crippen LogP contribution >= 0.6 is 11.8 Å². The fourth-order valence-electron chi connectivity index (χ4n) is 2.01. The molecule has 0 bridgehead atoms. The lowest BCUT2D eigenvalue weighted by atomic mass is 10.2. The van der Waals surface area contributed by atoms with Gasteiger partial charge in [-0.15, -0.1) is 11.8 Å². The van der Waals surface area contributed by atoms with Gasteiger partial charge in [0.2, 0.25) is 5.91 Å². The second kappa shape index (κ2) is 10.5. The van der Waals surface area contributed by atoms with E-state index in [0.717, 1.165) is 25.9 Å². The molecular weight excluding hydrogens is 264 g/mol. The number of carbonyl (C=O) groups excluding carboxylic acids is 1. The first-order valence-corrected chi connectivity index (χ1v) is 7.90. The van der Waals surface area contributed by atoms with E-state index in [2.05, 4.69) is 5.32 Å². The lowest BCUT2D eigenvalue weighted by Crippen LogP contribution is -2.38. The van der Waals surface area contributed by atoms with Gasteiger partial charge in [0, 0.05) is 32.6 Å². The Morgan fingerprint density at radius 2 is 1.79 bits per heavy atom. The molecule has 1 saturated heterocycles. The van der Waals surface area contributed by atoms with Gasteiger partial charge >= 0.3 is 0 Å². The van der Waals surface area contributed by atoms with Crippen molar-refractivity contribution in [3.05, 3.63) is 0 Å². The number of hydrogen-bond acceptors (Lipinski definition) is 5. The molecule has 1 fully saturated rings. The SMILES string of the molecule is COCCN(CCOC)C(=O)CSC1CCNCC1. The summed E-state index contributed by atoms with van der Waals surface area (Å²) in [7, 11) is 3.31. The Labute approximate surface area is 120 Å². The number of hydrogen-bond donors (Lipinski definition) is 1. The number of piperidine rings is 1. The summed E-state index contributed by atoms with van der Waals surface area (Å²) >= 11 is 1.79. The van der Waals surface area contributed by atoms with Gasteiger partial charge < -0.3 is 19.7 Å². The van der Waals surface area contributed by atoms with Crippen LogP contribution in [0, 0.1) is 0 Å². The molecule has 112 valence electrons. The van der Waals surface area contributed by atoms with Crippen molar-refractivity contribution in [3.63, 3.8) is 0 Å². The third-order valence-electron chi connectivity index (χ3n) is 3.21. The highest BCUT2D eigenvalue weighted by atomic mass is 32.2. The maximum absolute atomic E-state index is 12.2. The van der Waals surface area contributed by atoms with Crippen molar-refractivity contribution in [2.24, 2.45) is 0 Å². The summed E-state index contributed by atoms with van der Waals surface area (Å²) in [6, 6.07) is 0. The van der Waals surface area contributed by atoms with E-state index in [1.807, 2.05) is 4.90 Å². The van der Waals surface area contributed by atoms with Gasteiger partial charge in [0.1, 0.15) is 0 Å². The van der Waals surface area contributed by atoms with Gasteiger partial charge in [-0.05, 0) is 25.9 Å². The molecule has 0 aromatic rings. The highest BCUT2D eigenvalue weighted by molar-refractivity contribution is 8.00. The van der Waals surface area contributed by atoms with Gasteiger partial charge in [-0.2, -0.15) is 0 Å². The van der Waals surface area contributed by atoms with Crippen LogP contribution in [0.15, 0.2) is 0 Å². The van der Waals surface area contributed by atoms with Crippen LogP contribution in [-0.4, -0.2) is 75.4 Å². The Morgan fingerprint density at radius 1 is 1.21 bits per heavy atom. The fraction of sp³-hybridized carbons (Fsp3) is 0.923. The van der Waals surface area contributed by atoms with E-state index in [-0.39, 0.29) is 5.91 Å². The molecule has 0 saturated carbocycles. The van der Waals surface area contributed by atoms with E-state index >= 15 is 0 Å². The van der Waals surface area contributed by atoms with Gasteiger partial charge in [0.05, 0.1) is 19.0 Å². The summed E-state index contributed by atoms with van der Waals surface area (Å²) < 4.78 is 10.1. The Kier molecular flexibility index (Phi) is 9.24. The zero-order valence-corrected chi connectivity index (χ0v) is 12.8. The molecule has 1 N–H and O–H groups in total. The zero-order chi connectivity index (χ0) is 13.9. The molecule has 0 unspecified atom stereocenters. The van der Waals surface area contributed by atoms with Crippen molar-refractivity contribution in [3.8, 4) is 0 Å². The average Bonchev–Trinajstić information content (AvgIpc) is 2.46. The van der Waals surface area contributed by atoms with E-state index in [9.17, 15) is 4.79 Å². The van der Waals surface area contributed by atoms with Gasteiger partial charge in [-0.25, -0.2) is 0 Å². The summed E-state index contributed by atoms with van der Waals surface area (Å²) in [5.41, 5.74) is 0. The summed E-state index contributed by atoms with van der Waals surface area (Å²) in [6.07, 6.45) is 2.32. The number of rotatable bonds is 9. The van der Waals surface area contributed by atoms with Crippen molar-refractivity contribution in [2.45, 2.75) is 18.1 Å². The molecule has 6 heteroatoms. The van der Waals surface area contributed by atoms with Crippen LogP contribution in [0.2, 0.25) is 0 Å². The number of amides is 1. The Bertz CT molecular complexity index is 240. The van der Waals surface area contributed by atoms with Crippen LogP contribution in [0.4, 0.5) is 0 Å². The normalized spacial score (nSPS) is 16.5. The highest BCUT2D eigenvalue weighted by Gasteiger charge is 2.18. The fourth-order valence-corrected chi connectivity index (χ4v) is 3.14. The monoisotopic (exact) mass is 290 g/mol. The molecule has 5 nitrogen and oxygen atoms in total. The van der Waals surface area contributed by atoms with Crippen molar-refractivity contribution < 1.29 is 14.3 Å². The molecule has 0 atom stereocenters. The van der Waals surface area contributed by atoms with Gasteiger partial charge in [0.25, 0.3) is 0 Å². The van der Waals surface area contributed by atoms with Crippen LogP contribution in [0.3, 0.4) is 0 Å². The molecule has 1 heterocycles. The highest BCUT2D eigenvalue weighted by Crippen LogP contribution is 2.20. The second-order valence-corrected chi connectivity index (χ2v) is 5.92. The number of thioether (sulfide) groups is 1. The topological polar surface area (TPSA) is 50.8 Å². The molecule has 19 heavy (non-hydrogen) atoms. The van der Waals surface area contributed by atoms with Gasteiger partial charge in [0.15, 0.2) is 0 Å². The van der Waals surface area contributed by atoms with E-state index in [1.165, 1.54) is 0 Å². The number of nitrogens with one attached hydrogen (secondary N) is 1. The first-order chi connectivity index (χ1) is 9.27. The quantitative estimate of drug-likeness (QED) is 0.674. The smallest absolute Gasteiger partial charge is 0.232 e. The molecular formula is C13H26N2O3S. The molecule has 0 aromatic carbocycles. The number of carbonyl (C=O) groups is 1. The molecule has 0 spiro atoms. The van der Waals surface area contributed by atoms with Crippen LogP contribution in [0.1, 0.15) is 12.8 Å². The maximum atomic E-state index is 12.2. The Hall–Kier alpha value is -0.300. The maximum Gasteiger partial charge on any atom is 0.232 e. The summed E-state index contributed by atoms with van der Waals surface area (Å²) in [5.74, 6) is 0.760. The zero-order valence-electron chi connectivity index (χ0n) is 12.0. The molecule has 1 rings (SSSR count). The lowest BCUT2D eigenvalue weighted by molar-refractivity contribution is -0.129. The number of methoxy groups -OCH3 is 2. The predicted octanol–water partition coefficient (Wildman–Crippen LogP) is 0.593. The predicted molar refractivity (Wildman–Crippen MR) is 78.7 cm³/mol. The first-order valence-electron chi connectivity index (χ1n) is 6.86. The number of ether oxygens (including phenoxy) is 2. The standard InChI is InChI=1S/C13H26N2O3S/c1-17-9-7-15(8-10-18-2)13(16)11-19-12-3-5-14-6-4-12/h12,14H,3-11H2,1-2H3. The molecule has 0 aromatic heterocycles. The lowest BCUT2D eigenvalue weighted by Gasteiger charge is -2.25. The van der Waals surface area contributed by atoms with Crippen LogP contribution < -0.4 is 5.32 Å².